The fraction of sp³-hybridized carbons (Fsp3) is 1.00. The van der Waals surface area contributed by atoms with E-state index < -0.39 is 0 Å². The minimum atomic E-state index is -0.0388. The standard InChI is InChI=1S/C6H13NOS.ClH/c1-6(4-7)5-9-3-2-8-6;/h2-5,7H2,1H3;1H. The quantitative estimate of drug-likeness (QED) is 0.656. The van der Waals surface area contributed by atoms with E-state index in [-0.39, 0.29) is 18.0 Å². The molecule has 2 N–H and O–H groups in total. The maximum absolute atomic E-state index is 5.50. The number of nitrogens with two attached hydrogens (primary N) is 1. The van der Waals surface area contributed by atoms with Gasteiger partial charge in [0.05, 0.1) is 12.2 Å². The number of halogens is 1. The van der Waals surface area contributed by atoms with Crippen molar-refractivity contribution in [3.05, 3.63) is 0 Å². The van der Waals surface area contributed by atoms with Crippen molar-refractivity contribution in [2.75, 3.05) is 24.7 Å². The second kappa shape index (κ2) is 4.44. The van der Waals surface area contributed by atoms with Crippen molar-refractivity contribution in [3.63, 3.8) is 0 Å². The average Bonchev–Trinajstić information content (AvgIpc) is 1.90. The zero-order chi connectivity index (χ0) is 6.74. The predicted octanol–water partition coefficient (Wildman–Crippen LogP) is 0.889. The SMILES string of the molecule is CC1(CN)CSCCO1.Cl. The number of hydrogen-bond donors (Lipinski definition) is 1. The Hall–Kier alpha value is 0.560. The van der Waals surface area contributed by atoms with Gasteiger partial charge in [-0.1, -0.05) is 0 Å². The summed E-state index contributed by atoms with van der Waals surface area (Å²) in [4.78, 5) is 0. The van der Waals surface area contributed by atoms with E-state index in [1.54, 1.807) is 0 Å². The van der Waals surface area contributed by atoms with Crippen LogP contribution >= 0.6 is 24.2 Å². The molecule has 62 valence electrons. The lowest BCUT2D eigenvalue weighted by molar-refractivity contribution is -0.00265. The zero-order valence-electron chi connectivity index (χ0n) is 6.13. The highest BCUT2D eigenvalue weighted by Crippen LogP contribution is 2.21. The van der Waals surface area contributed by atoms with Crippen molar-refractivity contribution in [1.29, 1.82) is 0 Å². The molecule has 0 aromatic heterocycles. The van der Waals surface area contributed by atoms with Crippen molar-refractivity contribution in [2.45, 2.75) is 12.5 Å². The molecule has 4 heteroatoms. The molecule has 0 saturated carbocycles. The van der Waals surface area contributed by atoms with E-state index in [1.807, 2.05) is 11.8 Å². The summed E-state index contributed by atoms with van der Waals surface area (Å²) in [7, 11) is 0. The molecule has 0 aromatic carbocycles. The van der Waals surface area contributed by atoms with Crippen LogP contribution in [0.15, 0.2) is 0 Å². The maximum Gasteiger partial charge on any atom is 0.0866 e. The van der Waals surface area contributed by atoms with Crippen LogP contribution in [0.1, 0.15) is 6.92 Å². The van der Waals surface area contributed by atoms with Gasteiger partial charge < -0.3 is 10.5 Å². The van der Waals surface area contributed by atoms with Gasteiger partial charge in [-0.2, -0.15) is 11.8 Å². The third-order valence-electron chi connectivity index (χ3n) is 1.52. The van der Waals surface area contributed by atoms with Crippen LogP contribution < -0.4 is 5.73 Å². The highest BCUT2D eigenvalue weighted by Gasteiger charge is 2.25. The maximum atomic E-state index is 5.50. The Bertz CT molecular complexity index is 95.7. The van der Waals surface area contributed by atoms with E-state index in [0.717, 1.165) is 18.1 Å². The number of rotatable bonds is 1. The Kier molecular flexibility index (Phi) is 4.69. The topological polar surface area (TPSA) is 35.2 Å². The first kappa shape index (κ1) is 10.6. The Morgan fingerprint density at radius 2 is 2.40 bits per heavy atom. The van der Waals surface area contributed by atoms with Crippen LogP contribution in [0.4, 0.5) is 0 Å². The van der Waals surface area contributed by atoms with Crippen molar-refractivity contribution < 1.29 is 4.74 Å². The van der Waals surface area contributed by atoms with Gasteiger partial charge in [-0.3, -0.25) is 0 Å². The number of thioether (sulfide) groups is 1. The normalized spacial score (nSPS) is 33.0. The Labute approximate surface area is 72.3 Å². The summed E-state index contributed by atoms with van der Waals surface area (Å²) in [6, 6.07) is 0. The predicted molar refractivity (Wildman–Crippen MR) is 48.0 cm³/mol. The molecule has 1 rings (SSSR count). The van der Waals surface area contributed by atoms with Gasteiger partial charge in [-0.25, -0.2) is 0 Å². The van der Waals surface area contributed by atoms with Gasteiger partial charge in [0, 0.05) is 18.1 Å². The summed E-state index contributed by atoms with van der Waals surface area (Å²) in [5.74, 6) is 2.17. The fourth-order valence-corrected chi connectivity index (χ4v) is 1.77. The van der Waals surface area contributed by atoms with Gasteiger partial charge in [0.15, 0.2) is 0 Å². The minimum Gasteiger partial charge on any atom is -0.372 e. The molecule has 1 fully saturated rings. The molecule has 0 radical (unpaired) electrons. The molecule has 0 spiro atoms. The first-order chi connectivity index (χ1) is 4.27. The van der Waals surface area contributed by atoms with Crippen LogP contribution in [0.3, 0.4) is 0 Å². The second-order valence-corrected chi connectivity index (χ2v) is 3.66. The Morgan fingerprint density at radius 3 is 2.70 bits per heavy atom. The van der Waals surface area contributed by atoms with Crippen LogP contribution in [-0.2, 0) is 4.74 Å². The summed E-state index contributed by atoms with van der Waals surface area (Å²) in [5.41, 5.74) is 5.46. The molecule has 2 nitrogen and oxygen atoms in total. The third kappa shape index (κ3) is 2.66. The Morgan fingerprint density at radius 1 is 1.70 bits per heavy atom. The molecule has 1 aliphatic rings. The lowest BCUT2D eigenvalue weighted by Crippen LogP contribution is -2.43. The van der Waals surface area contributed by atoms with Crippen LogP contribution in [0.2, 0.25) is 0 Å². The molecule has 1 aliphatic heterocycles. The van der Waals surface area contributed by atoms with Crippen LogP contribution in [0.5, 0.6) is 0 Å². The molecule has 0 aromatic rings. The molecule has 1 heterocycles. The molecular formula is C6H14ClNOS. The first-order valence-corrected chi connectivity index (χ1v) is 4.34. The number of hydrogen-bond acceptors (Lipinski definition) is 3. The number of ether oxygens (including phenoxy) is 1. The summed E-state index contributed by atoms with van der Waals surface area (Å²) in [6.45, 7) is 3.57. The van der Waals surface area contributed by atoms with E-state index in [2.05, 4.69) is 6.92 Å². The lowest BCUT2D eigenvalue weighted by atomic mass is 10.1. The van der Waals surface area contributed by atoms with Crippen molar-refractivity contribution in [2.24, 2.45) is 5.73 Å². The first-order valence-electron chi connectivity index (χ1n) is 3.19. The molecular weight excluding hydrogens is 170 g/mol. The summed E-state index contributed by atoms with van der Waals surface area (Å²) in [6.07, 6.45) is 0. The van der Waals surface area contributed by atoms with E-state index in [4.69, 9.17) is 10.5 Å². The zero-order valence-corrected chi connectivity index (χ0v) is 7.76. The van der Waals surface area contributed by atoms with Gasteiger partial charge in [0.25, 0.3) is 0 Å². The van der Waals surface area contributed by atoms with Crippen molar-refractivity contribution in [1.82, 2.24) is 0 Å². The van der Waals surface area contributed by atoms with Crippen LogP contribution in [-0.4, -0.2) is 30.3 Å². The summed E-state index contributed by atoms with van der Waals surface area (Å²) in [5, 5.41) is 0. The fourth-order valence-electron chi connectivity index (χ4n) is 0.795. The molecule has 0 bridgehead atoms. The van der Waals surface area contributed by atoms with E-state index in [9.17, 15) is 0 Å². The molecule has 1 unspecified atom stereocenters. The third-order valence-corrected chi connectivity index (χ3v) is 2.79. The van der Waals surface area contributed by atoms with Gasteiger partial charge in [0.1, 0.15) is 0 Å². The minimum absolute atomic E-state index is 0. The molecule has 0 amide bonds. The average molecular weight is 184 g/mol. The highest BCUT2D eigenvalue weighted by atomic mass is 35.5. The van der Waals surface area contributed by atoms with Gasteiger partial charge in [0.2, 0.25) is 0 Å². The molecule has 1 atom stereocenters. The van der Waals surface area contributed by atoms with E-state index in [1.165, 1.54) is 0 Å². The Balaban J connectivity index is 0.000000810. The summed E-state index contributed by atoms with van der Waals surface area (Å²) < 4.78 is 5.47. The monoisotopic (exact) mass is 183 g/mol. The van der Waals surface area contributed by atoms with Crippen molar-refractivity contribution in [3.8, 4) is 0 Å². The molecule has 10 heavy (non-hydrogen) atoms. The van der Waals surface area contributed by atoms with Crippen LogP contribution in [0, 0.1) is 0 Å². The van der Waals surface area contributed by atoms with E-state index in [0.29, 0.717) is 6.54 Å². The van der Waals surface area contributed by atoms with Gasteiger partial charge in [-0.15, -0.1) is 12.4 Å². The van der Waals surface area contributed by atoms with Gasteiger partial charge in [-0.05, 0) is 6.92 Å². The smallest absolute Gasteiger partial charge is 0.0866 e. The highest BCUT2D eigenvalue weighted by molar-refractivity contribution is 7.99. The van der Waals surface area contributed by atoms with Crippen LogP contribution in [0.25, 0.3) is 0 Å². The largest absolute Gasteiger partial charge is 0.372 e. The second-order valence-electron chi connectivity index (χ2n) is 2.56. The van der Waals surface area contributed by atoms with E-state index >= 15 is 0 Å². The summed E-state index contributed by atoms with van der Waals surface area (Å²) >= 11 is 1.92. The van der Waals surface area contributed by atoms with Gasteiger partial charge >= 0.3 is 0 Å². The molecule has 0 aliphatic carbocycles. The lowest BCUT2D eigenvalue weighted by Gasteiger charge is -2.31. The molecule has 1 saturated heterocycles. The van der Waals surface area contributed by atoms with Crippen molar-refractivity contribution >= 4 is 24.2 Å².